The fourth-order valence-corrected chi connectivity index (χ4v) is 3.47. The van der Waals surface area contributed by atoms with Crippen molar-refractivity contribution < 1.29 is 14.3 Å². The Morgan fingerprint density at radius 3 is 2.39 bits per heavy atom. The topological polar surface area (TPSA) is 98.5 Å². The Morgan fingerprint density at radius 1 is 0.935 bits per heavy atom. The van der Waals surface area contributed by atoms with Crippen LogP contribution in [0.25, 0.3) is 5.82 Å². The highest BCUT2D eigenvalue weighted by molar-refractivity contribution is 5.95. The summed E-state index contributed by atoms with van der Waals surface area (Å²) in [4.78, 5) is 29.6. The Kier molecular flexibility index (Phi) is 6.25. The summed E-state index contributed by atoms with van der Waals surface area (Å²) in [5, 5.41) is 4.10. The molecule has 1 aliphatic rings. The van der Waals surface area contributed by atoms with Crippen molar-refractivity contribution in [3.05, 3.63) is 48.8 Å². The average Bonchev–Trinajstić information content (AvgIpc) is 3.35. The lowest BCUT2D eigenvalue weighted by atomic mass is 10.1. The summed E-state index contributed by atoms with van der Waals surface area (Å²) in [5.41, 5.74) is 0.593. The number of benzene rings is 1. The molecule has 1 saturated heterocycles. The van der Waals surface area contributed by atoms with Crippen LogP contribution < -0.4 is 14.4 Å². The number of anilines is 1. The number of amides is 1. The number of carbonyl (C=O) groups excluding carboxylic acids is 1. The quantitative estimate of drug-likeness (QED) is 0.568. The summed E-state index contributed by atoms with van der Waals surface area (Å²) >= 11 is 0. The molecule has 0 spiro atoms. The second kappa shape index (κ2) is 9.41. The van der Waals surface area contributed by atoms with E-state index in [1.54, 1.807) is 29.2 Å². The molecule has 1 fully saturated rings. The summed E-state index contributed by atoms with van der Waals surface area (Å²) in [7, 11) is 0. The molecule has 10 nitrogen and oxygen atoms in total. The smallest absolute Gasteiger partial charge is 0.254 e. The van der Waals surface area contributed by atoms with E-state index in [0.29, 0.717) is 62.3 Å². The van der Waals surface area contributed by atoms with Gasteiger partial charge in [-0.15, -0.1) is 0 Å². The Balaban J connectivity index is 1.42. The zero-order valence-electron chi connectivity index (χ0n) is 17.6. The molecule has 10 heteroatoms. The van der Waals surface area contributed by atoms with Gasteiger partial charge in [0.25, 0.3) is 5.91 Å². The van der Waals surface area contributed by atoms with Gasteiger partial charge in [0, 0.05) is 37.8 Å². The van der Waals surface area contributed by atoms with Crippen LogP contribution in [-0.4, -0.2) is 74.9 Å². The van der Waals surface area contributed by atoms with E-state index >= 15 is 0 Å². The lowest BCUT2D eigenvalue weighted by molar-refractivity contribution is 0.0746. The molecular weight excluding hydrogens is 398 g/mol. The molecule has 1 aromatic carbocycles. The molecule has 1 amide bonds. The number of piperazine rings is 1. The first-order chi connectivity index (χ1) is 15.2. The van der Waals surface area contributed by atoms with Crippen LogP contribution in [0.4, 0.5) is 5.82 Å². The van der Waals surface area contributed by atoms with Gasteiger partial charge in [0.1, 0.15) is 24.8 Å². The Hall–Kier alpha value is -3.69. The molecule has 0 atom stereocenters. The summed E-state index contributed by atoms with van der Waals surface area (Å²) in [6, 6.07) is 7.21. The molecule has 1 aliphatic heterocycles. The van der Waals surface area contributed by atoms with E-state index in [2.05, 4.69) is 25.0 Å². The first kappa shape index (κ1) is 20.6. The summed E-state index contributed by atoms with van der Waals surface area (Å²) in [5.74, 6) is 2.67. The van der Waals surface area contributed by atoms with Gasteiger partial charge in [-0.3, -0.25) is 4.79 Å². The largest absolute Gasteiger partial charge is 0.490 e. The molecule has 31 heavy (non-hydrogen) atoms. The van der Waals surface area contributed by atoms with E-state index in [-0.39, 0.29) is 5.91 Å². The van der Waals surface area contributed by atoms with E-state index in [9.17, 15) is 4.79 Å². The van der Waals surface area contributed by atoms with Gasteiger partial charge in [0.05, 0.1) is 13.2 Å². The van der Waals surface area contributed by atoms with Crippen LogP contribution in [0, 0.1) is 0 Å². The van der Waals surface area contributed by atoms with Crippen molar-refractivity contribution in [3.8, 4) is 17.3 Å². The van der Waals surface area contributed by atoms with E-state index in [0.717, 1.165) is 5.82 Å². The molecule has 3 aromatic rings. The van der Waals surface area contributed by atoms with Gasteiger partial charge in [-0.25, -0.2) is 19.6 Å². The molecule has 4 rings (SSSR count). The zero-order valence-corrected chi connectivity index (χ0v) is 17.6. The lowest BCUT2D eigenvalue weighted by Gasteiger charge is -2.35. The van der Waals surface area contributed by atoms with Crippen molar-refractivity contribution >= 4 is 11.7 Å². The molecule has 0 aliphatic carbocycles. The van der Waals surface area contributed by atoms with Crippen molar-refractivity contribution in [2.45, 2.75) is 13.8 Å². The number of rotatable bonds is 7. The molecule has 0 radical (unpaired) electrons. The third-order valence-electron chi connectivity index (χ3n) is 4.97. The van der Waals surface area contributed by atoms with E-state index in [1.807, 2.05) is 24.8 Å². The Bertz CT molecular complexity index is 1020. The van der Waals surface area contributed by atoms with Gasteiger partial charge in [0.2, 0.25) is 0 Å². The normalized spacial score (nSPS) is 13.9. The number of hydrogen-bond acceptors (Lipinski definition) is 8. The van der Waals surface area contributed by atoms with Crippen LogP contribution in [0.3, 0.4) is 0 Å². The first-order valence-electron chi connectivity index (χ1n) is 10.3. The van der Waals surface area contributed by atoms with Crippen molar-refractivity contribution in [3.63, 3.8) is 0 Å². The predicted octanol–water partition coefficient (Wildman–Crippen LogP) is 1.82. The van der Waals surface area contributed by atoms with Crippen LogP contribution >= 0.6 is 0 Å². The van der Waals surface area contributed by atoms with E-state index in [4.69, 9.17) is 9.47 Å². The molecule has 0 saturated carbocycles. The molecule has 2 aromatic heterocycles. The van der Waals surface area contributed by atoms with Gasteiger partial charge in [-0.05, 0) is 32.0 Å². The predicted molar refractivity (Wildman–Crippen MR) is 114 cm³/mol. The Morgan fingerprint density at radius 2 is 1.68 bits per heavy atom. The monoisotopic (exact) mass is 423 g/mol. The number of ether oxygens (including phenoxy) is 2. The molecule has 162 valence electrons. The maximum Gasteiger partial charge on any atom is 0.254 e. The molecular formula is C21H25N7O3. The van der Waals surface area contributed by atoms with Crippen LogP contribution in [0.5, 0.6) is 11.5 Å². The van der Waals surface area contributed by atoms with Gasteiger partial charge >= 0.3 is 0 Å². The van der Waals surface area contributed by atoms with Crippen molar-refractivity contribution in [2.24, 2.45) is 0 Å². The zero-order chi connectivity index (χ0) is 21.6. The van der Waals surface area contributed by atoms with Gasteiger partial charge < -0.3 is 19.3 Å². The SMILES string of the molecule is CCOc1ccc(C(=O)N2CCN(c3cc(-n4cncn4)ncn3)CC2)cc1OCC. The highest BCUT2D eigenvalue weighted by Crippen LogP contribution is 2.29. The fraction of sp³-hybridized carbons (Fsp3) is 0.381. The van der Waals surface area contributed by atoms with Crippen LogP contribution in [-0.2, 0) is 0 Å². The number of nitrogens with zero attached hydrogens (tertiary/aromatic N) is 7. The lowest BCUT2D eigenvalue weighted by Crippen LogP contribution is -2.49. The van der Waals surface area contributed by atoms with Crippen LogP contribution in [0.15, 0.2) is 43.2 Å². The summed E-state index contributed by atoms with van der Waals surface area (Å²) < 4.78 is 12.8. The fourth-order valence-electron chi connectivity index (χ4n) is 3.47. The summed E-state index contributed by atoms with van der Waals surface area (Å²) in [6.07, 6.45) is 4.57. The first-order valence-corrected chi connectivity index (χ1v) is 10.3. The standard InChI is InChI=1S/C21H25N7O3/c1-3-30-17-6-5-16(11-18(17)31-4-2)21(29)27-9-7-26(8-10-27)19-12-20(24-14-23-19)28-15-22-13-25-28/h5-6,11-15H,3-4,7-10H2,1-2H3. The summed E-state index contributed by atoms with van der Waals surface area (Å²) in [6.45, 7) is 7.41. The van der Waals surface area contributed by atoms with Gasteiger partial charge in [-0.2, -0.15) is 5.10 Å². The van der Waals surface area contributed by atoms with Crippen LogP contribution in [0.1, 0.15) is 24.2 Å². The number of carbonyl (C=O) groups is 1. The maximum atomic E-state index is 13.0. The molecule has 0 bridgehead atoms. The highest BCUT2D eigenvalue weighted by atomic mass is 16.5. The number of hydrogen-bond donors (Lipinski definition) is 0. The van der Waals surface area contributed by atoms with Gasteiger partial charge in [0.15, 0.2) is 17.3 Å². The minimum absolute atomic E-state index is 0.0188. The van der Waals surface area contributed by atoms with Crippen molar-refractivity contribution in [2.75, 3.05) is 44.3 Å². The number of aromatic nitrogens is 5. The second-order valence-corrected chi connectivity index (χ2v) is 6.88. The molecule has 0 unspecified atom stereocenters. The maximum absolute atomic E-state index is 13.0. The van der Waals surface area contributed by atoms with Crippen molar-refractivity contribution in [1.29, 1.82) is 0 Å². The third-order valence-corrected chi connectivity index (χ3v) is 4.97. The Labute approximate surface area is 180 Å². The molecule has 0 N–H and O–H groups in total. The van der Waals surface area contributed by atoms with E-state index < -0.39 is 0 Å². The minimum Gasteiger partial charge on any atom is -0.490 e. The third kappa shape index (κ3) is 4.57. The molecule has 3 heterocycles. The van der Waals surface area contributed by atoms with Crippen molar-refractivity contribution in [1.82, 2.24) is 29.6 Å². The average molecular weight is 423 g/mol. The minimum atomic E-state index is -0.0188. The second-order valence-electron chi connectivity index (χ2n) is 6.88. The highest BCUT2D eigenvalue weighted by Gasteiger charge is 2.24. The van der Waals surface area contributed by atoms with E-state index in [1.165, 1.54) is 12.7 Å². The van der Waals surface area contributed by atoms with Gasteiger partial charge in [-0.1, -0.05) is 0 Å². The van der Waals surface area contributed by atoms with Crippen LogP contribution in [0.2, 0.25) is 0 Å².